The SMILES string of the molecule is CN1CCC(C)(CNc2nccnc2C(N)=S)CC1. The van der Waals surface area contributed by atoms with Crippen LogP contribution >= 0.6 is 12.2 Å². The molecule has 1 aliphatic heterocycles. The highest BCUT2D eigenvalue weighted by Crippen LogP contribution is 2.30. The number of thiocarbonyl (C=S) groups is 1. The van der Waals surface area contributed by atoms with E-state index in [1.54, 1.807) is 12.4 Å². The zero-order valence-electron chi connectivity index (χ0n) is 11.5. The molecule has 1 fully saturated rings. The van der Waals surface area contributed by atoms with E-state index in [0.717, 1.165) is 19.6 Å². The van der Waals surface area contributed by atoms with E-state index < -0.39 is 0 Å². The largest absolute Gasteiger partial charge is 0.388 e. The molecule has 0 aliphatic carbocycles. The van der Waals surface area contributed by atoms with Gasteiger partial charge < -0.3 is 16.0 Å². The van der Waals surface area contributed by atoms with Gasteiger partial charge in [0, 0.05) is 18.9 Å². The first-order chi connectivity index (χ1) is 9.00. The molecule has 0 radical (unpaired) electrons. The Hall–Kier alpha value is -1.27. The Kier molecular flexibility index (Phi) is 4.31. The lowest BCUT2D eigenvalue weighted by atomic mass is 9.80. The zero-order chi connectivity index (χ0) is 13.9. The molecule has 2 rings (SSSR count). The molecule has 6 heteroatoms. The van der Waals surface area contributed by atoms with Crippen molar-refractivity contribution in [3.05, 3.63) is 18.1 Å². The van der Waals surface area contributed by atoms with E-state index in [2.05, 4.69) is 34.2 Å². The summed E-state index contributed by atoms with van der Waals surface area (Å²) in [6, 6.07) is 0. The monoisotopic (exact) mass is 279 g/mol. The minimum Gasteiger partial charge on any atom is -0.388 e. The summed E-state index contributed by atoms with van der Waals surface area (Å²) in [5.74, 6) is 0.690. The van der Waals surface area contributed by atoms with Crippen LogP contribution in [0.15, 0.2) is 12.4 Å². The molecule has 0 aromatic carbocycles. The number of anilines is 1. The van der Waals surface area contributed by atoms with Crippen LogP contribution in [0.3, 0.4) is 0 Å². The van der Waals surface area contributed by atoms with Crippen LogP contribution in [0.4, 0.5) is 5.82 Å². The van der Waals surface area contributed by atoms with Gasteiger partial charge in [-0.25, -0.2) is 9.97 Å². The quantitative estimate of drug-likeness (QED) is 0.809. The first-order valence-electron chi connectivity index (χ1n) is 6.53. The van der Waals surface area contributed by atoms with E-state index in [-0.39, 0.29) is 10.4 Å². The topological polar surface area (TPSA) is 67.1 Å². The smallest absolute Gasteiger partial charge is 0.155 e. The molecule has 1 aromatic rings. The first kappa shape index (κ1) is 14.1. The van der Waals surface area contributed by atoms with Crippen molar-refractivity contribution >= 4 is 23.0 Å². The van der Waals surface area contributed by atoms with E-state index in [0.29, 0.717) is 11.5 Å². The summed E-state index contributed by atoms with van der Waals surface area (Å²) < 4.78 is 0. The number of aromatic nitrogens is 2. The Morgan fingerprint density at radius 2 is 2.05 bits per heavy atom. The molecule has 0 saturated carbocycles. The Bertz CT molecular complexity index is 454. The van der Waals surface area contributed by atoms with Crippen LogP contribution in [0.5, 0.6) is 0 Å². The number of hydrogen-bond donors (Lipinski definition) is 2. The maximum Gasteiger partial charge on any atom is 0.155 e. The predicted octanol–water partition coefficient (Wildman–Crippen LogP) is 1.25. The number of piperidine rings is 1. The molecule has 19 heavy (non-hydrogen) atoms. The summed E-state index contributed by atoms with van der Waals surface area (Å²) in [5, 5.41) is 3.36. The van der Waals surface area contributed by atoms with E-state index in [1.165, 1.54) is 12.8 Å². The highest BCUT2D eigenvalue weighted by Gasteiger charge is 2.29. The van der Waals surface area contributed by atoms with Crippen LogP contribution < -0.4 is 11.1 Å². The lowest BCUT2D eigenvalue weighted by molar-refractivity contribution is 0.150. The number of likely N-dealkylation sites (tertiary alicyclic amines) is 1. The molecule has 0 amide bonds. The summed E-state index contributed by atoms with van der Waals surface area (Å²) in [5.41, 5.74) is 6.52. The molecule has 104 valence electrons. The van der Waals surface area contributed by atoms with Gasteiger partial charge in [-0.3, -0.25) is 0 Å². The summed E-state index contributed by atoms with van der Waals surface area (Å²) in [7, 11) is 2.17. The number of rotatable bonds is 4. The molecular weight excluding hydrogens is 258 g/mol. The Labute approximate surface area is 119 Å². The molecule has 0 spiro atoms. The normalized spacial score (nSPS) is 19.1. The van der Waals surface area contributed by atoms with Crippen LogP contribution in [0.2, 0.25) is 0 Å². The fourth-order valence-electron chi connectivity index (χ4n) is 2.28. The third kappa shape index (κ3) is 3.61. The van der Waals surface area contributed by atoms with Crippen molar-refractivity contribution in [2.75, 3.05) is 32.0 Å². The predicted molar refractivity (Wildman–Crippen MR) is 81.2 cm³/mol. The summed E-state index contributed by atoms with van der Waals surface area (Å²) >= 11 is 4.99. The standard InChI is InChI=1S/C13H21N5S/c1-13(3-7-18(2)8-4-13)9-17-12-10(11(14)19)15-5-6-16-12/h5-6H,3-4,7-9H2,1-2H3,(H2,14,19)(H,16,17). The van der Waals surface area contributed by atoms with Crippen molar-refractivity contribution in [1.82, 2.24) is 14.9 Å². The van der Waals surface area contributed by atoms with Gasteiger partial charge in [0.2, 0.25) is 0 Å². The molecule has 1 aliphatic rings. The molecule has 0 bridgehead atoms. The molecule has 0 unspecified atom stereocenters. The van der Waals surface area contributed by atoms with Crippen LogP contribution in [0.25, 0.3) is 0 Å². The van der Waals surface area contributed by atoms with Crippen LogP contribution in [-0.4, -0.2) is 46.5 Å². The van der Waals surface area contributed by atoms with Gasteiger partial charge in [0.25, 0.3) is 0 Å². The van der Waals surface area contributed by atoms with Crippen molar-refractivity contribution in [1.29, 1.82) is 0 Å². The van der Waals surface area contributed by atoms with Crippen molar-refractivity contribution in [2.45, 2.75) is 19.8 Å². The fraction of sp³-hybridized carbons (Fsp3) is 0.615. The minimum absolute atomic E-state index is 0.282. The average molecular weight is 279 g/mol. The van der Waals surface area contributed by atoms with Gasteiger partial charge in [0.05, 0.1) is 0 Å². The number of nitrogens with one attached hydrogen (secondary N) is 1. The second kappa shape index (κ2) is 5.79. The van der Waals surface area contributed by atoms with Gasteiger partial charge in [-0.05, 0) is 38.4 Å². The van der Waals surface area contributed by atoms with Gasteiger partial charge in [0.15, 0.2) is 5.82 Å². The maximum absolute atomic E-state index is 5.66. The summed E-state index contributed by atoms with van der Waals surface area (Å²) in [4.78, 5) is 11.1. The maximum atomic E-state index is 5.66. The fourth-order valence-corrected chi connectivity index (χ4v) is 2.43. The number of hydrogen-bond acceptors (Lipinski definition) is 5. The van der Waals surface area contributed by atoms with Gasteiger partial charge in [-0.1, -0.05) is 19.1 Å². The lowest BCUT2D eigenvalue weighted by Crippen LogP contribution is -2.40. The van der Waals surface area contributed by atoms with E-state index in [1.807, 2.05) is 0 Å². The van der Waals surface area contributed by atoms with Crippen molar-refractivity contribution < 1.29 is 0 Å². The van der Waals surface area contributed by atoms with E-state index >= 15 is 0 Å². The molecule has 1 saturated heterocycles. The van der Waals surface area contributed by atoms with Gasteiger partial charge in [-0.2, -0.15) is 0 Å². The van der Waals surface area contributed by atoms with Gasteiger partial charge >= 0.3 is 0 Å². The third-order valence-electron chi connectivity index (χ3n) is 3.81. The summed E-state index contributed by atoms with van der Waals surface area (Å²) in [6.45, 7) is 5.46. The molecule has 0 atom stereocenters. The van der Waals surface area contributed by atoms with E-state index in [9.17, 15) is 0 Å². The highest BCUT2D eigenvalue weighted by atomic mass is 32.1. The second-order valence-corrected chi connectivity index (χ2v) is 6.03. The minimum atomic E-state index is 0.282. The van der Waals surface area contributed by atoms with Crippen molar-refractivity contribution in [3.8, 4) is 0 Å². The lowest BCUT2D eigenvalue weighted by Gasteiger charge is -2.38. The number of nitrogens with two attached hydrogens (primary N) is 1. The van der Waals surface area contributed by atoms with Gasteiger partial charge in [-0.15, -0.1) is 0 Å². The van der Waals surface area contributed by atoms with Crippen molar-refractivity contribution in [3.63, 3.8) is 0 Å². The zero-order valence-corrected chi connectivity index (χ0v) is 12.3. The molecular formula is C13H21N5S. The van der Waals surface area contributed by atoms with Crippen LogP contribution in [-0.2, 0) is 0 Å². The highest BCUT2D eigenvalue weighted by molar-refractivity contribution is 7.80. The summed E-state index contributed by atoms with van der Waals surface area (Å²) in [6.07, 6.45) is 5.62. The molecule has 3 N–H and O–H groups in total. The second-order valence-electron chi connectivity index (χ2n) is 5.59. The molecule has 5 nitrogen and oxygen atoms in total. The Morgan fingerprint density at radius 1 is 1.42 bits per heavy atom. The molecule has 2 heterocycles. The average Bonchev–Trinajstić information content (AvgIpc) is 2.41. The Morgan fingerprint density at radius 3 is 2.68 bits per heavy atom. The van der Waals surface area contributed by atoms with Crippen LogP contribution in [0, 0.1) is 5.41 Å². The number of nitrogens with zero attached hydrogens (tertiary/aromatic N) is 3. The third-order valence-corrected chi connectivity index (χ3v) is 4.00. The van der Waals surface area contributed by atoms with Crippen LogP contribution in [0.1, 0.15) is 25.5 Å². The molecule has 1 aromatic heterocycles. The van der Waals surface area contributed by atoms with Gasteiger partial charge in [0.1, 0.15) is 10.7 Å². The first-order valence-corrected chi connectivity index (χ1v) is 6.94. The van der Waals surface area contributed by atoms with E-state index in [4.69, 9.17) is 18.0 Å². The van der Waals surface area contributed by atoms with Crippen molar-refractivity contribution in [2.24, 2.45) is 11.1 Å². The Balaban J connectivity index is 2.01.